The van der Waals surface area contributed by atoms with Crippen molar-refractivity contribution in [3.05, 3.63) is 60.9 Å². The lowest BCUT2D eigenvalue weighted by Crippen LogP contribution is -1.97. The summed E-state index contributed by atoms with van der Waals surface area (Å²) in [4.78, 5) is 21.2. The van der Waals surface area contributed by atoms with E-state index in [1.54, 1.807) is 12.4 Å². The molecule has 8 heteroatoms. The van der Waals surface area contributed by atoms with Crippen molar-refractivity contribution in [2.45, 2.75) is 18.8 Å². The van der Waals surface area contributed by atoms with Crippen molar-refractivity contribution in [1.29, 1.82) is 0 Å². The molecule has 28 heavy (non-hydrogen) atoms. The summed E-state index contributed by atoms with van der Waals surface area (Å²) in [6.07, 6.45) is 13.6. The lowest BCUT2D eigenvalue weighted by molar-refractivity contribution is 0.941. The predicted molar refractivity (Wildman–Crippen MR) is 105 cm³/mol. The summed E-state index contributed by atoms with van der Waals surface area (Å²) in [6.45, 7) is 0. The van der Waals surface area contributed by atoms with Gasteiger partial charge in [-0.3, -0.25) is 4.98 Å². The van der Waals surface area contributed by atoms with Crippen LogP contribution in [0.15, 0.2) is 55.4 Å². The maximum absolute atomic E-state index is 4.88. The Hall–Kier alpha value is -3.81. The van der Waals surface area contributed by atoms with Crippen LogP contribution in [0.25, 0.3) is 27.9 Å². The number of hydrogen-bond acceptors (Lipinski definition) is 6. The van der Waals surface area contributed by atoms with Crippen molar-refractivity contribution < 1.29 is 0 Å². The largest absolute Gasteiger partial charge is 0.345 e. The minimum absolute atomic E-state index is 0.530. The van der Waals surface area contributed by atoms with E-state index in [1.165, 1.54) is 18.4 Å². The predicted octanol–water partition coefficient (Wildman–Crippen LogP) is 3.68. The van der Waals surface area contributed by atoms with E-state index in [-0.39, 0.29) is 0 Å². The quantitative estimate of drug-likeness (QED) is 0.502. The monoisotopic (exact) mass is 368 g/mol. The highest BCUT2D eigenvalue weighted by molar-refractivity contribution is 5.92. The number of nitrogens with zero attached hydrogens (tertiary/aromatic N) is 6. The first-order chi connectivity index (χ1) is 13.8. The molecular weight excluding hydrogens is 352 g/mol. The van der Waals surface area contributed by atoms with Crippen LogP contribution < -0.4 is 5.32 Å². The Morgan fingerprint density at radius 1 is 1.07 bits per heavy atom. The molecule has 1 saturated carbocycles. The van der Waals surface area contributed by atoms with Crippen molar-refractivity contribution in [3.63, 3.8) is 0 Å². The second kappa shape index (κ2) is 5.85. The first-order valence-corrected chi connectivity index (χ1v) is 9.21. The van der Waals surface area contributed by atoms with Crippen LogP contribution in [0.2, 0.25) is 0 Å². The van der Waals surface area contributed by atoms with E-state index in [0.29, 0.717) is 11.9 Å². The number of hydrogen-bond donors (Lipinski definition) is 2. The number of anilines is 2. The van der Waals surface area contributed by atoms with Gasteiger partial charge in [-0.2, -0.15) is 10.1 Å². The van der Waals surface area contributed by atoms with E-state index < -0.39 is 0 Å². The maximum Gasteiger partial charge on any atom is 0.229 e. The molecule has 136 valence electrons. The number of aromatic amines is 1. The van der Waals surface area contributed by atoms with E-state index in [9.17, 15) is 0 Å². The fraction of sp³-hybridized carbons (Fsp3) is 0.150. The van der Waals surface area contributed by atoms with Crippen LogP contribution in [0.1, 0.15) is 24.3 Å². The summed E-state index contributed by atoms with van der Waals surface area (Å²) >= 11 is 0. The first-order valence-electron chi connectivity index (χ1n) is 9.21. The Morgan fingerprint density at radius 3 is 2.82 bits per heavy atom. The fourth-order valence-electron chi connectivity index (χ4n) is 3.46. The van der Waals surface area contributed by atoms with Crippen molar-refractivity contribution in [2.24, 2.45) is 0 Å². The lowest BCUT2D eigenvalue weighted by atomic mass is 10.1. The van der Waals surface area contributed by atoms with Crippen LogP contribution in [-0.2, 0) is 0 Å². The standard InChI is InChI=1S/C20H16N8/c1-2-12(1)14-11-24-28-8-5-17(26-19(14)28)15-9-22-18-16(15)10-23-20(27-18)25-13-3-6-21-7-4-13/h3-12H,1-2H2,(H2,21,22,23,25,27). The van der Waals surface area contributed by atoms with E-state index >= 15 is 0 Å². The van der Waals surface area contributed by atoms with Gasteiger partial charge in [-0.15, -0.1) is 0 Å². The minimum Gasteiger partial charge on any atom is -0.345 e. The number of aromatic nitrogens is 7. The van der Waals surface area contributed by atoms with Crippen LogP contribution >= 0.6 is 0 Å². The summed E-state index contributed by atoms with van der Waals surface area (Å²) in [5.41, 5.74) is 5.70. The van der Waals surface area contributed by atoms with Crippen LogP contribution in [0.5, 0.6) is 0 Å². The Kier molecular flexibility index (Phi) is 3.19. The van der Waals surface area contributed by atoms with Gasteiger partial charge in [0, 0.05) is 53.2 Å². The third-order valence-corrected chi connectivity index (χ3v) is 5.06. The molecule has 0 amide bonds. The average Bonchev–Trinajstić information content (AvgIpc) is 3.35. The molecule has 5 heterocycles. The first kappa shape index (κ1) is 15.3. The number of rotatable bonds is 4. The van der Waals surface area contributed by atoms with Gasteiger partial charge >= 0.3 is 0 Å². The van der Waals surface area contributed by atoms with Gasteiger partial charge in [0.2, 0.25) is 5.95 Å². The molecule has 0 atom stereocenters. The van der Waals surface area contributed by atoms with Gasteiger partial charge in [0.05, 0.1) is 11.9 Å². The SMILES string of the molecule is c1cc(Nc2ncc3c(-c4ccn5ncc(C6CC6)c5n4)c[nH]c3n2)ccn1. The lowest BCUT2D eigenvalue weighted by Gasteiger charge is -2.04. The smallest absolute Gasteiger partial charge is 0.229 e. The molecule has 1 fully saturated rings. The number of H-pyrrole nitrogens is 1. The van der Waals surface area contributed by atoms with Crippen LogP contribution in [0.4, 0.5) is 11.6 Å². The van der Waals surface area contributed by atoms with E-state index in [1.807, 2.05) is 47.5 Å². The molecule has 0 aromatic carbocycles. The van der Waals surface area contributed by atoms with Crippen molar-refractivity contribution >= 4 is 28.3 Å². The maximum atomic E-state index is 4.88. The van der Waals surface area contributed by atoms with Crippen molar-refractivity contribution in [1.82, 2.24) is 34.5 Å². The van der Waals surface area contributed by atoms with Crippen LogP contribution in [0.3, 0.4) is 0 Å². The van der Waals surface area contributed by atoms with Crippen LogP contribution in [-0.4, -0.2) is 34.5 Å². The van der Waals surface area contributed by atoms with Gasteiger partial charge in [0.1, 0.15) is 5.65 Å². The number of pyridine rings is 1. The van der Waals surface area contributed by atoms with Crippen molar-refractivity contribution in [2.75, 3.05) is 5.32 Å². The second-order valence-electron chi connectivity index (χ2n) is 6.97. The normalized spacial score (nSPS) is 14.0. The van der Waals surface area contributed by atoms with E-state index in [0.717, 1.165) is 33.6 Å². The molecule has 0 saturated heterocycles. The molecular formula is C20H16N8. The zero-order chi connectivity index (χ0) is 18.5. The summed E-state index contributed by atoms with van der Waals surface area (Å²) < 4.78 is 1.85. The molecule has 5 aromatic rings. The van der Waals surface area contributed by atoms with Gasteiger partial charge in [0.25, 0.3) is 0 Å². The molecule has 0 spiro atoms. The third-order valence-electron chi connectivity index (χ3n) is 5.06. The molecule has 0 bridgehead atoms. The molecule has 1 aliphatic rings. The van der Waals surface area contributed by atoms with Gasteiger partial charge in [-0.05, 0) is 37.0 Å². The number of nitrogens with one attached hydrogen (secondary N) is 2. The highest BCUT2D eigenvalue weighted by atomic mass is 15.2. The highest BCUT2D eigenvalue weighted by Crippen LogP contribution is 2.41. The second-order valence-corrected chi connectivity index (χ2v) is 6.97. The molecule has 1 aliphatic carbocycles. The molecule has 0 aliphatic heterocycles. The van der Waals surface area contributed by atoms with E-state index in [4.69, 9.17) is 4.98 Å². The van der Waals surface area contributed by atoms with Crippen molar-refractivity contribution in [3.8, 4) is 11.3 Å². The highest BCUT2D eigenvalue weighted by Gasteiger charge is 2.27. The zero-order valence-corrected chi connectivity index (χ0v) is 14.9. The van der Waals surface area contributed by atoms with Gasteiger partial charge in [0.15, 0.2) is 5.65 Å². The molecule has 6 rings (SSSR count). The summed E-state index contributed by atoms with van der Waals surface area (Å²) in [7, 11) is 0. The Labute approximate surface area is 159 Å². The van der Waals surface area contributed by atoms with Gasteiger partial charge in [-0.1, -0.05) is 0 Å². The Balaban J connectivity index is 1.39. The van der Waals surface area contributed by atoms with Crippen LogP contribution in [0, 0.1) is 0 Å². The average molecular weight is 368 g/mol. The van der Waals surface area contributed by atoms with E-state index in [2.05, 4.69) is 30.4 Å². The summed E-state index contributed by atoms with van der Waals surface area (Å²) in [6, 6.07) is 5.72. The topological polar surface area (TPSA) is 96.7 Å². The molecule has 0 radical (unpaired) electrons. The molecule has 0 unspecified atom stereocenters. The fourth-order valence-corrected chi connectivity index (χ4v) is 3.46. The Morgan fingerprint density at radius 2 is 1.96 bits per heavy atom. The Bertz CT molecular complexity index is 1300. The zero-order valence-electron chi connectivity index (χ0n) is 14.9. The third kappa shape index (κ3) is 2.50. The van der Waals surface area contributed by atoms with Gasteiger partial charge < -0.3 is 10.3 Å². The molecule has 8 nitrogen and oxygen atoms in total. The molecule has 5 aromatic heterocycles. The summed E-state index contributed by atoms with van der Waals surface area (Å²) in [5, 5.41) is 8.54. The summed E-state index contributed by atoms with van der Waals surface area (Å²) in [5.74, 6) is 1.13. The minimum atomic E-state index is 0.530. The molecule has 2 N–H and O–H groups in total. The number of fused-ring (bicyclic) bond motifs is 2. The van der Waals surface area contributed by atoms with Gasteiger partial charge in [-0.25, -0.2) is 14.5 Å².